The van der Waals surface area contributed by atoms with Crippen molar-refractivity contribution in [3.05, 3.63) is 94.0 Å². The van der Waals surface area contributed by atoms with Crippen LogP contribution in [0.2, 0.25) is 10.0 Å². The van der Waals surface area contributed by atoms with E-state index in [0.29, 0.717) is 12.1 Å². The Morgan fingerprint density at radius 1 is 1.03 bits per heavy atom. The molecule has 3 aromatic carbocycles. The third-order valence-electron chi connectivity index (χ3n) is 6.01. The SMILES string of the molecule is N#CC1(c2ccc(NC(=O)CN(CCc3ccccc3)S(=O)(=O)c3cc(Cl)ccc3Cl)cc2)CC1. The molecule has 4 rings (SSSR count). The summed E-state index contributed by atoms with van der Waals surface area (Å²) in [4.78, 5) is 12.7. The molecule has 0 unspecified atom stereocenters. The lowest BCUT2D eigenvalue weighted by Gasteiger charge is -2.22. The van der Waals surface area contributed by atoms with Crippen molar-refractivity contribution < 1.29 is 13.2 Å². The Balaban J connectivity index is 1.53. The number of sulfonamides is 1. The van der Waals surface area contributed by atoms with Gasteiger partial charge in [-0.2, -0.15) is 9.57 Å². The summed E-state index contributed by atoms with van der Waals surface area (Å²) in [5.74, 6) is -0.492. The first-order valence-electron chi connectivity index (χ1n) is 11.0. The van der Waals surface area contributed by atoms with Gasteiger partial charge in [0.15, 0.2) is 0 Å². The van der Waals surface area contributed by atoms with Crippen LogP contribution in [0.3, 0.4) is 0 Å². The predicted octanol–water partition coefficient (Wildman–Crippen LogP) is 5.42. The molecule has 180 valence electrons. The van der Waals surface area contributed by atoms with Gasteiger partial charge in [0.25, 0.3) is 0 Å². The van der Waals surface area contributed by atoms with E-state index in [1.165, 1.54) is 18.2 Å². The van der Waals surface area contributed by atoms with Gasteiger partial charge in [0.2, 0.25) is 15.9 Å². The zero-order valence-electron chi connectivity index (χ0n) is 18.7. The number of benzene rings is 3. The highest BCUT2D eigenvalue weighted by Gasteiger charge is 2.44. The summed E-state index contributed by atoms with van der Waals surface area (Å²) in [7, 11) is -4.11. The van der Waals surface area contributed by atoms with Crippen LogP contribution in [-0.4, -0.2) is 31.7 Å². The van der Waals surface area contributed by atoms with E-state index in [-0.39, 0.29) is 21.5 Å². The van der Waals surface area contributed by atoms with Crippen LogP contribution in [0.5, 0.6) is 0 Å². The molecule has 0 aromatic heterocycles. The second kappa shape index (κ2) is 10.4. The van der Waals surface area contributed by atoms with Gasteiger partial charge in [-0.3, -0.25) is 4.79 Å². The van der Waals surface area contributed by atoms with Crippen molar-refractivity contribution in [2.24, 2.45) is 0 Å². The van der Waals surface area contributed by atoms with Gasteiger partial charge in [-0.15, -0.1) is 0 Å². The largest absolute Gasteiger partial charge is 0.325 e. The highest BCUT2D eigenvalue weighted by molar-refractivity contribution is 7.89. The van der Waals surface area contributed by atoms with E-state index in [1.807, 2.05) is 42.5 Å². The Morgan fingerprint density at radius 2 is 1.71 bits per heavy atom. The van der Waals surface area contributed by atoms with Gasteiger partial charge in [-0.05, 0) is 60.7 Å². The molecule has 0 atom stereocenters. The minimum Gasteiger partial charge on any atom is -0.325 e. The van der Waals surface area contributed by atoms with Gasteiger partial charge >= 0.3 is 0 Å². The summed E-state index contributed by atoms with van der Waals surface area (Å²) < 4.78 is 28.1. The zero-order valence-corrected chi connectivity index (χ0v) is 21.1. The van der Waals surface area contributed by atoms with Gasteiger partial charge < -0.3 is 5.32 Å². The molecule has 6 nitrogen and oxygen atoms in total. The lowest BCUT2D eigenvalue weighted by Crippen LogP contribution is -2.39. The van der Waals surface area contributed by atoms with Crippen LogP contribution in [0, 0.1) is 11.3 Å². The van der Waals surface area contributed by atoms with Crippen molar-refractivity contribution in [2.45, 2.75) is 29.6 Å². The standard InChI is InChI=1S/C26H23Cl2N3O3S/c27-21-8-11-23(28)24(16-21)35(33,34)31(15-12-19-4-2-1-3-5-19)17-25(32)30-22-9-6-20(7-10-22)26(18-29)13-14-26/h1-11,16H,12-15,17H2,(H,30,32). The van der Waals surface area contributed by atoms with Crippen LogP contribution in [0.1, 0.15) is 24.0 Å². The lowest BCUT2D eigenvalue weighted by atomic mass is 9.98. The Hall–Kier alpha value is -2.89. The molecule has 9 heteroatoms. The highest BCUT2D eigenvalue weighted by Crippen LogP contribution is 2.47. The normalized spacial score (nSPS) is 14.3. The molecule has 1 N–H and O–H groups in total. The molecule has 0 bridgehead atoms. The number of nitrogens with one attached hydrogen (secondary N) is 1. The van der Waals surface area contributed by atoms with Gasteiger partial charge in [-0.25, -0.2) is 8.42 Å². The van der Waals surface area contributed by atoms with E-state index in [9.17, 15) is 18.5 Å². The predicted molar refractivity (Wildman–Crippen MR) is 137 cm³/mol. The van der Waals surface area contributed by atoms with Gasteiger partial charge in [-0.1, -0.05) is 65.7 Å². The van der Waals surface area contributed by atoms with Crippen molar-refractivity contribution in [1.82, 2.24) is 4.31 Å². The van der Waals surface area contributed by atoms with E-state index in [4.69, 9.17) is 23.2 Å². The van der Waals surface area contributed by atoms with Crippen LogP contribution >= 0.6 is 23.2 Å². The number of amides is 1. The second-order valence-corrected chi connectivity index (χ2v) is 11.2. The molecule has 0 aliphatic heterocycles. The Morgan fingerprint density at radius 3 is 2.34 bits per heavy atom. The first-order chi connectivity index (χ1) is 16.7. The fourth-order valence-corrected chi connectivity index (χ4v) is 5.95. The molecule has 0 saturated heterocycles. The molecule has 0 spiro atoms. The molecular formula is C26H23Cl2N3O3S. The number of carbonyl (C=O) groups is 1. The Kier molecular flexibility index (Phi) is 7.48. The number of hydrogen-bond acceptors (Lipinski definition) is 4. The number of hydrogen-bond donors (Lipinski definition) is 1. The van der Waals surface area contributed by atoms with Gasteiger partial charge in [0.05, 0.1) is 23.1 Å². The smallest absolute Gasteiger partial charge is 0.245 e. The second-order valence-electron chi connectivity index (χ2n) is 8.47. The average Bonchev–Trinajstić information content (AvgIpc) is 3.65. The molecule has 0 radical (unpaired) electrons. The minimum atomic E-state index is -4.11. The number of nitriles is 1. The first-order valence-corrected chi connectivity index (χ1v) is 13.2. The molecule has 1 amide bonds. The van der Waals surface area contributed by atoms with Crippen LogP contribution in [-0.2, 0) is 26.7 Å². The van der Waals surface area contributed by atoms with E-state index < -0.39 is 27.9 Å². The highest BCUT2D eigenvalue weighted by atomic mass is 35.5. The Labute approximate surface area is 215 Å². The first kappa shape index (κ1) is 25.2. The van der Waals surface area contributed by atoms with Crippen molar-refractivity contribution in [2.75, 3.05) is 18.4 Å². The molecular weight excluding hydrogens is 505 g/mol. The quantitative estimate of drug-likeness (QED) is 0.402. The fourth-order valence-electron chi connectivity index (χ4n) is 3.82. The summed E-state index contributed by atoms with van der Waals surface area (Å²) in [5, 5.41) is 12.4. The van der Waals surface area contributed by atoms with Crippen LogP contribution in [0.25, 0.3) is 0 Å². The van der Waals surface area contributed by atoms with E-state index in [0.717, 1.165) is 28.3 Å². The molecule has 3 aromatic rings. The number of anilines is 1. The van der Waals surface area contributed by atoms with Crippen molar-refractivity contribution >= 4 is 44.8 Å². The molecule has 1 aliphatic carbocycles. The maximum Gasteiger partial charge on any atom is 0.245 e. The fraction of sp³-hybridized carbons (Fsp3) is 0.231. The average molecular weight is 528 g/mol. The number of nitrogens with zero attached hydrogens (tertiary/aromatic N) is 2. The van der Waals surface area contributed by atoms with Gasteiger partial charge in [0.1, 0.15) is 4.90 Å². The summed E-state index contributed by atoms with van der Waals surface area (Å²) in [5.41, 5.74) is 1.96. The van der Waals surface area contributed by atoms with Gasteiger partial charge in [0, 0.05) is 17.3 Å². The number of halogens is 2. The summed E-state index contributed by atoms with van der Waals surface area (Å²) in [6.45, 7) is -0.325. The van der Waals surface area contributed by atoms with E-state index >= 15 is 0 Å². The topological polar surface area (TPSA) is 90.3 Å². The summed E-state index contributed by atoms with van der Waals surface area (Å²) >= 11 is 12.2. The van der Waals surface area contributed by atoms with Crippen LogP contribution < -0.4 is 5.32 Å². The monoisotopic (exact) mass is 527 g/mol. The summed E-state index contributed by atoms with van der Waals surface area (Å²) in [6.07, 6.45) is 2.07. The third kappa shape index (κ3) is 5.85. The van der Waals surface area contributed by atoms with Crippen molar-refractivity contribution in [3.8, 4) is 6.07 Å². The Bertz CT molecular complexity index is 1370. The summed E-state index contributed by atoms with van der Waals surface area (Å²) in [6, 6.07) is 23.1. The molecule has 0 heterocycles. The van der Waals surface area contributed by atoms with Crippen LogP contribution in [0.15, 0.2) is 77.7 Å². The third-order valence-corrected chi connectivity index (χ3v) is 8.57. The molecule has 1 fully saturated rings. The van der Waals surface area contributed by atoms with Crippen molar-refractivity contribution in [3.63, 3.8) is 0 Å². The molecule has 1 aliphatic rings. The lowest BCUT2D eigenvalue weighted by molar-refractivity contribution is -0.116. The molecule has 1 saturated carbocycles. The maximum atomic E-state index is 13.5. The number of rotatable bonds is 9. The minimum absolute atomic E-state index is 0.0293. The van der Waals surface area contributed by atoms with Crippen LogP contribution in [0.4, 0.5) is 5.69 Å². The number of carbonyl (C=O) groups excluding carboxylic acids is 1. The van der Waals surface area contributed by atoms with E-state index in [2.05, 4.69) is 11.4 Å². The van der Waals surface area contributed by atoms with Crippen molar-refractivity contribution in [1.29, 1.82) is 5.26 Å². The van der Waals surface area contributed by atoms with E-state index in [1.54, 1.807) is 12.1 Å². The zero-order chi connectivity index (χ0) is 25.1. The maximum absolute atomic E-state index is 13.5. The molecule has 35 heavy (non-hydrogen) atoms.